The maximum atomic E-state index is 13.7. The number of halogens is 2. The van der Waals surface area contributed by atoms with E-state index in [0.29, 0.717) is 48.2 Å². The maximum absolute atomic E-state index is 13.7. The molecule has 3 heterocycles. The number of rotatable bonds is 3. The summed E-state index contributed by atoms with van der Waals surface area (Å²) in [4.78, 5) is 22.6. The number of aromatic nitrogens is 3. The van der Waals surface area contributed by atoms with E-state index in [2.05, 4.69) is 25.7 Å². The zero-order chi connectivity index (χ0) is 24.7. The van der Waals surface area contributed by atoms with Gasteiger partial charge in [0.1, 0.15) is 11.5 Å². The lowest BCUT2D eigenvalue weighted by Gasteiger charge is -2.36. The van der Waals surface area contributed by atoms with Crippen LogP contribution in [-0.2, 0) is 5.41 Å². The second-order valence-electron chi connectivity index (χ2n) is 9.84. The second-order valence-corrected chi connectivity index (χ2v) is 10.3. The molecule has 0 radical (unpaired) electrons. The van der Waals surface area contributed by atoms with Crippen LogP contribution in [0.5, 0.6) is 0 Å². The van der Waals surface area contributed by atoms with E-state index in [0.717, 1.165) is 16.9 Å². The van der Waals surface area contributed by atoms with E-state index in [-0.39, 0.29) is 17.1 Å². The number of nitrogens with zero attached hydrogens (tertiary/aromatic N) is 5. The van der Waals surface area contributed by atoms with Crippen LogP contribution in [-0.4, -0.2) is 51.6 Å². The van der Waals surface area contributed by atoms with Gasteiger partial charge in [-0.2, -0.15) is 5.10 Å². The fourth-order valence-corrected chi connectivity index (χ4v) is 4.45. The van der Waals surface area contributed by atoms with Gasteiger partial charge in [-0.3, -0.25) is 4.79 Å². The monoisotopic (exact) mass is 491 g/mol. The summed E-state index contributed by atoms with van der Waals surface area (Å²) in [5.41, 5.74) is 4.09. The van der Waals surface area contributed by atoms with Crippen LogP contribution in [0.1, 0.15) is 37.0 Å². The van der Waals surface area contributed by atoms with E-state index in [1.165, 1.54) is 12.1 Å². The average molecular weight is 492 g/mol. The Morgan fingerprint density at radius 1 is 0.971 bits per heavy atom. The molecule has 2 aromatic heterocycles. The van der Waals surface area contributed by atoms with Gasteiger partial charge in [0.15, 0.2) is 5.65 Å². The van der Waals surface area contributed by atoms with Crippen LogP contribution in [0.4, 0.5) is 10.1 Å². The third-order valence-corrected chi connectivity index (χ3v) is 6.53. The summed E-state index contributed by atoms with van der Waals surface area (Å²) in [6.07, 6.45) is 0. The van der Waals surface area contributed by atoms with Crippen molar-refractivity contribution in [2.75, 3.05) is 31.1 Å². The Morgan fingerprint density at radius 2 is 1.69 bits per heavy atom. The van der Waals surface area contributed by atoms with Crippen molar-refractivity contribution in [2.24, 2.45) is 0 Å². The van der Waals surface area contributed by atoms with Crippen molar-refractivity contribution in [3.8, 4) is 11.3 Å². The summed E-state index contributed by atoms with van der Waals surface area (Å²) in [5.74, 6) is -0.418. The third-order valence-electron chi connectivity index (χ3n) is 6.29. The molecule has 8 heteroatoms. The van der Waals surface area contributed by atoms with Crippen molar-refractivity contribution in [3.05, 3.63) is 82.9 Å². The van der Waals surface area contributed by atoms with Crippen molar-refractivity contribution >= 4 is 28.8 Å². The van der Waals surface area contributed by atoms with Gasteiger partial charge in [-0.25, -0.2) is 13.9 Å². The molecule has 0 aliphatic carbocycles. The molecule has 1 fully saturated rings. The number of fused-ring (bicyclic) bond motifs is 1. The highest BCUT2D eigenvalue weighted by Gasteiger charge is 2.27. The van der Waals surface area contributed by atoms with Gasteiger partial charge in [0, 0.05) is 53.9 Å². The van der Waals surface area contributed by atoms with Crippen LogP contribution in [0.2, 0.25) is 5.02 Å². The first-order chi connectivity index (χ1) is 16.7. The Morgan fingerprint density at radius 3 is 2.34 bits per heavy atom. The Bertz CT molecular complexity index is 1390. The van der Waals surface area contributed by atoms with Crippen LogP contribution >= 0.6 is 11.6 Å². The van der Waals surface area contributed by atoms with Crippen LogP contribution in [0, 0.1) is 5.82 Å². The molecule has 2 aromatic carbocycles. The molecular weight excluding hydrogens is 465 g/mol. The third kappa shape index (κ3) is 4.73. The lowest BCUT2D eigenvalue weighted by Crippen LogP contribution is -2.49. The highest BCUT2D eigenvalue weighted by Crippen LogP contribution is 2.27. The van der Waals surface area contributed by atoms with Crippen molar-refractivity contribution in [1.82, 2.24) is 19.5 Å². The molecular formula is C27H27ClFN5O. The van der Waals surface area contributed by atoms with Crippen LogP contribution in [0.15, 0.2) is 60.7 Å². The molecule has 6 nitrogen and oxygen atoms in total. The van der Waals surface area contributed by atoms with Gasteiger partial charge in [0.2, 0.25) is 0 Å². The van der Waals surface area contributed by atoms with Gasteiger partial charge < -0.3 is 9.80 Å². The van der Waals surface area contributed by atoms with Gasteiger partial charge in [0.25, 0.3) is 5.91 Å². The largest absolute Gasteiger partial charge is 0.368 e. The highest BCUT2D eigenvalue weighted by atomic mass is 35.5. The first-order valence-electron chi connectivity index (χ1n) is 11.7. The molecule has 0 atom stereocenters. The van der Waals surface area contributed by atoms with Crippen LogP contribution < -0.4 is 4.90 Å². The van der Waals surface area contributed by atoms with E-state index in [1.807, 2.05) is 35.2 Å². The number of carbonyl (C=O) groups is 1. The number of carbonyl (C=O) groups excluding carboxylic acids is 1. The number of amides is 1. The Balaban J connectivity index is 1.48. The summed E-state index contributed by atoms with van der Waals surface area (Å²) in [5, 5.41) is 5.44. The van der Waals surface area contributed by atoms with E-state index in [1.54, 1.807) is 22.7 Å². The molecule has 0 saturated carbocycles. The maximum Gasteiger partial charge on any atom is 0.272 e. The smallest absolute Gasteiger partial charge is 0.272 e. The number of benzene rings is 2. The molecule has 0 N–H and O–H groups in total. The summed E-state index contributed by atoms with van der Waals surface area (Å²) in [7, 11) is 0. The highest BCUT2D eigenvalue weighted by molar-refractivity contribution is 6.30. The number of anilines is 1. The van der Waals surface area contributed by atoms with Gasteiger partial charge in [-0.05, 0) is 48.5 Å². The molecule has 5 rings (SSSR count). The normalized spacial score (nSPS) is 14.5. The van der Waals surface area contributed by atoms with E-state index >= 15 is 0 Å². The summed E-state index contributed by atoms with van der Waals surface area (Å²) in [6.45, 7) is 8.79. The molecule has 180 valence electrons. The Labute approximate surface area is 209 Å². The zero-order valence-corrected chi connectivity index (χ0v) is 20.8. The van der Waals surface area contributed by atoms with Gasteiger partial charge in [-0.15, -0.1) is 0 Å². The molecule has 35 heavy (non-hydrogen) atoms. The predicted octanol–water partition coefficient (Wildman–Crippen LogP) is 5.45. The van der Waals surface area contributed by atoms with E-state index in [4.69, 9.17) is 21.7 Å². The molecule has 0 unspecified atom stereocenters. The molecule has 1 saturated heterocycles. The van der Waals surface area contributed by atoms with E-state index in [9.17, 15) is 9.18 Å². The minimum absolute atomic E-state index is 0.102. The lowest BCUT2D eigenvalue weighted by atomic mass is 9.93. The second kappa shape index (κ2) is 8.96. The van der Waals surface area contributed by atoms with E-state index < -0.39 is 0 Å². The zero-order valence-electron chi connectivity index (χ0n) is 20.0. The molecule has 1 amide bonds. The predicted molar refractivity (Wildman–Crippen MR) is 137 cm³/mol. The minimum atomic E-state index is -0.317. The van der Waals surface area contributed by atoms with Crippen molar-refractivity contribution in [2.45, 2.75) is 26.2 Å². The van der Waals surface area contributed by atoms with Gasteiger partial charge in [0.05, 0.1) is 11.4 Å². The van der Waals surface area contributed by atoms with Gasteiger partial charge >= 0.3 is 0 Å². The first kappa shape index (κ1) is 23.3. The summed E-state index contributed by atoms with van der Waals surface area (Å²) < 4.78 is 15.1. The van der Waals surface area contributed by atoms with Crippen molar-refractivity contribution < 1.29 is 9.18 Å². The quantitative estimate of drug-likeness (QED) is 0.382. The Hall–Kier alpha value is -3.45. The minimum Gasteiger partial charge on any atom is -0.368 e. The molecule has 1 aliphatic rings. The number of hydrogen-bond acceptors (Lipinski definition) is 4. The number of piperazine rings is 1. The summed E-state index contributed by atoms with van der Waals surface area (Å²) in [6, 6.07) is 17.6. The fraction of sp³-hybridized carbons (Fsp3) is 0.296. The molecule has 0 spiro atoms. The van der Waals surface area contributed by atoms with Crippen LogP contribution in [0.3, 0.4) is 0 Å². The van der Waals surface area contributed by atoms with Crippen LogP contribution in [0.25, 0.3) is 16.9 Å². The first-order valence-corrected chi connectivity index (χ1v) is 12.0. The topological polar surface area (TPSA) is 53.7 Å². The van der Waals surface area contributed by atoms with Gasteiger partial charge in [-0.1, -0.05) is 38.4 Å². The standard InChI is InChI=1S/C27H27ClFN5O/c1-27(2,3)24-17-25-30-22(18-7-9-20(29)10-8-18)16-23(34(25)31-24)26(35)33-13-11-32(12-14-33)21-6-4-5-19(28)15-21/h4-10,15-17H,11-14H2,1-3H3. The SMILES string of the molecule is CC(C)(C)c1cc2nc(-c3ccc(F)cc3)cc(C(=O)N3CCN(c4cccc(Cl)c4)CC3)n2n1. The van der Waals surface area contributed by atoms with Crippen molar-refractivity contribution in [1.29, 1.82) is 0 Å². The van der Waals surface area contributed by atoms with Crippen molar-refractivity contribution in [3.63, 3.8) is 0 Å². The summed E-state index contributed by atoms with van der Waals surface area (Å²) >= 11 is 6.16. The number of hydrogen-bond donors (Lipinski definition) is 0. The lowest BCUT2D eigenvalue weighted by molar-refractivity contribution is 0.0737. The average Bonchev–Trinajstić information content (AvgIpc) is 3.29. The molecule has 4 aromatic rings. The molecule has 1 aliphatic heterocycles. The Kier molecular flexibility index (Phi) is 5.97. The fourth-order valence-electron chi connectivity index (χ4n) is 4.26. The molecule has 0 bridgehead atoms.